The van der Waals surface area contributed by atoms with Crippen LogP contribution in [0.1, 0.15) is 23.9 Å². The highest BCUT2D eigenvalue weighted by molar-refractivity contribution is 14.0. The van der Waals surface area contributed by atoms with Crippen molar-refractivity contribution in [2.75, 3.05) is 7.05 Å². The first kappa shape index (κ1) is 17.5. The molecule has 2 N–H and O–H groups in total. The van der Waals surface area contributed by atoms with Crippen molar-refractivity contribution in [2.24, 2.45) is 12.0 Å². The fourth-order valence-corrected chi connectivity index (χ4v) is 2.01. The molecular weight excluding hydrogens is 381 g/mol. The average Bonchev–Trinajstić information content (AvgIpc) is 3.08. The van der Waals surface area contributed by atoms with Gasteiger partial charge in [0.15, 0.2) is 5.96 Å². The standard InChI is InChI=1S/C14H21N5O.HI/c1-4-13-11(10-19(3)18-13)8-16-14(15-2)17-9-12-6-5-7-20-12;/h5-7,10H,4,8-9H2,1-3H3,(H2,15,16,17);1H. The predicted octanol–water partition coefficient (Wildman–Crippen LogP) is 2.06. The molecule has 0 aliphatic carbocycles. The maximum Gasteiger partial charge on any atom is 0.191 e. The first-order valence-electron chi connectivity index (χ1n) is 6.71. The molecule has 0 fully saturated rings. The van der Waals surface area contributed by atoms with E-state index in [4.69, 9.17) is 4.42 Å². The first-order chi connectivity index (χ1) is 9.72. The van der Waals surface area contributed by atoms with E-state index in [0.717, 1.165) is 23.8 Å². The van der Waals surface area contributed by atoms with E-state index in [1.54, 1.807) is 13.3 Å². The highest BCUT2D eigenvalue weighted by Gasteiger charge is 2.06. The third-order valence-corrected chi connectivity index (χ3v) is 3.01. The minimum atomic E-state index is 0. The van der Waals surface area contributed by atoms with Crippen LogP contribution < -0.4 is 10.6 Å². The summed E-state index contributed by atoms with van der Waals surface area (Å²) in [4.78, 5) is 4.19. The number of hydrogen-bond acceptors (Lipinski definition) is 3. The second-order valence-electron chi connectivity index (χ2n) is 4.49. The van der Waals surface area contributed by atoms with E-state index >= 15 is 0 Å². The highest BCUT2D eigenvalue weighted by Crippen LogP contribution is 2.06. The molecule has 0 amide bonds. The van der Waals surface area contributed by atoms with Crippen LogP contribution in [0.3, 0.4) is 0 Å². The van der Waals surface area contributed by atoms with Crippen LogP contribution in [0.5, 0.6) is 0 Å². The largest absolute Gasteiger partial charge is 0.467 e. The Kier molecular flexibility index (Phi) is 7.27. The minimum Gasteiger partial charge on any atom is -0.467 e. The second kappa shape index (κ2) is 8.71. The number of rotatable bonds is 5. The maximum atomic E-state index is 5.27. The summed E-state index contributed by atoms with van der Waals surface area (Å²) in [5.74, 6) is 1.62. The van der Waals surface area contributed by atoms with Crippen LogP contribution in [0.2, 0.25) is 0 Å². The zero-order valence-corrected chi connectivity index (χ0v) is 14.9. The zero-order chi connectivity index (χ0) is 14.4. The molecule has 2 aromatic rings. The molecule has 2 heterocycles. The van der Waals surface area contributed by atoms with Gasteiger partial charge in [-0.15, -0.1) is 24.0 Å². The number of halogens is 1. The molecule has 0 saturated carbocycles. The molecule has 21 heavy (non-hydrogen) atoms. The Balaban J connectivity index is 0.00000220. The molecule has 0 atom stereocenters. The summed E-state index contributed by atoms with van der Waals surface area (Å²) in [5.41, 5.74) is 2.30. The number of nitrogens with one attached hydrogen (secondary N) is 2. The number of aliphatic imine (C=N–C) groups is 1. The van der Waals surface area contributed by atoms with Crippen molar-refractivity contribution in [2.45, 2.75) is 26.4 Å². The summed E-state index contributed by atoms with van der Waals surface area (Å²) in [6.07, 6.45) is 4.62. The molecule has 0 spiro atoms. The summed E-state index contributed by atoms with van der Waals surface area (Å²) < 4.78 is 7.11. The van der Waals surface area contributed by atoms with Crippen molar-refractivity contribution < 1.29 is 4.42 Å². The Morgan fingerprint density at radius 1 is 1.38 bits per heavy atom. The molecule has 116 valence electrons. The summed E-state index contributed by atoms with van der Waals surface area (Å²) in [6.45, 7) is 3.42. The first-order valence-corrected chi connectivity index (χ1v) is 6.71. The number of furan rings is 1. The Morgan fingerprint density at radius 2 is 2.14 bits per heavy atom. The number of hydrogen-bond donors (Lipinski definition) is 2. The van der Waals surface area contributed by atoms with Gasteiger partial charge in [-0.05, 0) is 18.6 Å². The van der Waals surface area contributed by atoms with Crippen LogP contribution in [0, 0.1) is 0 Å². The number of aromatic nitrogens is 2. The van der Waals surface area contributed by atoms with Gasteiger partial charge in [0.25, 0.3) is 0 Å². The van der Waals surface area contributed by atoms with Crippen LogP contribution in [0.4, 0.5) is 0 Å². The van der Waals surface area contributed by atoms with Gasteiger partial charge in [-0.3, -0.25) is 9.67 Å². The molecule has 0 aliphatic rings. The Hall–Kier alpha value is -1.51. The number of guanidine groups is 1. The lowest BCUT2D eigenvalue weighted by Gasteiger charge is -2.10. The monoisotopic (exact) mass is 403 g/mol. The van der Waals surface area contributed by atoms with Gasteiger partial charge in [0.1, 0.15) is 5.76 Å². The third-order valence-electron chi connectivity index (χ3n) is 3.01. The highest BCUT2D eigenvalue weighted by atomic mass is 127. The summed E-state index contributed by atoms with van der Waals surface area (Å²) in [5, 5.41) is 10.9. The molecular formula is C14H22IN5O. The van der Waals surface area contributed by atoms with Crippen molar-refractivity contribution in [1.82, 2.24) is 20.4 Å². The van der Waals surface area contributed by atoms with Gasteiger partial charge < -0.3 is 15.1 Å². The van der Waals surface area contributed by atoms with E-state index in [0.29, 0.717) is 13.1 Å². The second-order valence-corrected chi connectivity index (χ2v) is 4.49. The normalized spacial score (nSPS) is 11.1. The van der Waals surface area contributed by atoms with E-state index in [2.05, 4.69) is 27.6 Å². The van der Waals surface area contributed by atoms with Crippen molar-refractivity contribution in [3.05, 3.63) is 41.6 Å². The quantitative estimate of drug-likeness (QED) is 0.456. The smallest absolute Gasteiger partial charge is 0.191 e. The average molecular weight is 403 g/mol. The Bertz CT molecular complexity index is 562. The fourth-order valence-electron chi connectivity index (χ4n) is 2.01. The van der Waals surface area contributed by atoms with Crippen LogP contribution >= 0.6 is 24.0 Å². The minimum absolute atomic E-state index is 0. The van der Waals surface area contributed by atoms with E-state index in [-0.39, 0.29) is 24.0 Å². The third kappa shape index (κ3) is 5.07. The van der Waals surface area contributed by atoms with Gasteiger partial charge in [0.2, 0.25) is 0 Å². The van der Waals surface area contributed by atoms with Crippen LogP contribution in [0.15, 0.2) is 34.0 Å². The van der Waals surface area contributed by atoms with Gasteiger partial charge in [0, 0.05) is 32.4 Å². The SMILES string of the molecule is CCc1nn(C)cc1CNC(=NC)NCc1ccco1.I. The van der Waals surface area contributed by atoms with Crippen LogP contribution in [-0.4, -0.2) is 22.8 Å². The Labute approximate surface area is 142 Å². The Morgan fingerprint density at radius 3 is 2.76 bits per heavy atom. The summed E-state index contributed by atoms with van der Waals surface area (Å²) in [7, 11) is 3.69. The van der Waals surface area contributed by atoms with Gasteiger partial charge in [-0.2, -0.15) is 5.10 Å². The van der Waals surface area contributed by atoms with Crippen molar-refractivity contribution in [1.29, 1.82) is 0 Å². The van der Waals surface area contributed by atoms with E-state index < -0.39 is 0 Å². The molecule has 0 aliphatic heterocycles. The molecule has 0 aromatic carbocycles. The van der Waals surface area contributed by atoms with Crippen molar-refractivity contribution >= 4 is 29.9 Å². The predicted molar refractivity (Wildman–Crippen MR) is 93.7 cm³/mol. The lowest BCUT2D eigenvalue weighted by Crippen LogP contribution is -2.36. The number of aryl methyl sites for hydroxylation is 2. The molecule has 0 bridgehead atoms. The van der Waals surface area contributed by atoms with Gasteiger partial charge in [0.05, 0.1) is 18.5 Å². The van der Waals surface area contributed by atoms with Gasteiger partial charge >= 0.3 is 0 Å². The van der Waals surface area contributed by atoms with E-state index in [9.17, 15) is 0 Å². The van der Waals surface area contributed by atoms with Crippen LogP contribution in [-0.2, 0) is 26.6 Å². The van der Waals surface area contributed by atoms with E-state index in [1.165, 1.54) is 5.56 Å². The molecule has 0 unspecified atom stereocenters. The molecule has 6 nitrogen and oxygen atoms in total. The molecule has 0 saturated heterocycles. The maximum absolute atomic E-state index is 5.27. The topological polar surface area (TPSA) is 67.4 Å². The van der Waals surface area contributed by atoms with Gasteiger partial charge in [-0.25, -0.2) is 0 Å². The van der Waals surface area contributed by atoms with Gasteiger partial charge in [-0.1, -0.05) is 6.92 Å². The summed E-state index contributed by atoms with van der Waals surface area (Å²) in [6, 6.07) is 3.80. The zero-order valence-electron chi connectivity index (χ0n) is 12.6. The van der Waals surface area contributed by atoms with Crippen molar-refractivity contribution in [3.63, 3.8) is 0 Å². The van der Waals surface area contributed by atoms with E-state index in [1.807, 2.05) is 30.1 Å². The lowest BCUT2D eigenvalue weighted by molar-refractivity contribution is 0.501. The summed E-state index contributed by atoms with van der Waals surface area (Å²) >= 11 is 0. The lowest BCUT2D eigenvalue weighted by atomic mass is 10.2. The molecule has 7 heteroatoms. The molecule has 0 radical (unpaired) electrons. The fraction of sp³-hybridized carbons (Fsp3) is 0.429. The molecule has 2 rings (SSSR count). The van der Waals surface area contributed by atoms with Crippen molar-refractivity contribution in [3.8, 4) is 0 Å². The van der Waals surface area contributed by atoms with Crippen LogP contribution in [0.25, 0.3) is 0 Å². The molecule has 2 aromatic heterocycles. The number of nitrogens with zero attached hydrogens (tertiary/aromatic N) is 3.